The minimum atomic E-state index is -0.0657. The van der Waals surface area contributed by atoms with Crippen LogP contribution < -0.4 is 15.0 Å². The second-order valence-corrected chi connectivity index (χ2v) is 10.6. The lowest BCUT2D eigenvalue weighted by molar-refractivity contribution is 0.0949. The zero-order chi connectivity index (χ0) is 26.6. The molecule has 6 rings (SSSR count). The molecule has 198 valence electrons. The van der Waals surface area contributed by atoms with Crippen molar-refractivity contribution in [2.24, 2.45) is 0 Å². The third-order valence-corrected chi connectivity index (χ3v) is 8.14. The molecule has 8 heteroatoms. The lowest BCUT2D eigenvalue weighted by atomic mass is 10.0. The highest BCUT2D eigenvalue weighted by atomic mass is 32.1. The van der Waals surface area contributed by atoms with Gasteiger partial charge in [0.2, 0.25) is 0 Å². The molecule has 1 aliphatic rings. The van der Waals surface area contributed by atoms with E-state index < -0.39 is 0 Å². The Morgan fingerprint density at radius 2 is 1.74 bits per heavy atom. The smallest absolute Gasteiger partial charge is 0.252 e. The fraction of sp³-hybridized carbons (Fsp3) is 0.258. The van der Waals surface area contributed by atoms with Crippen LogP contribution in [-0.4, -0.2) is 66.7 Å². The average Bonchev–Trinajstić information content (AvgIpc) is 3.43. The number of benzene rings is 3. The molecule has 0 atom stereocenters. The number of para-hydroxylation sites is 2. The molecular formula is C31H31N5O2S. The highest BCUT2D eigenvalue weighted by molar-refractivity contribution is 7.22. The Labute approximate surface area is 232 Å². The summed E-state index contributed by atoms with van der Waals surface area (Å²) in [6.07, 6.45) is 0. The van der Waals surface area contributed by atoms with E-state index in [0.29, 0.717) is 18.7 Å². The van der Waals surface area contributed by atoms with Crippen molar-refractivity contribution in [3.63, 3.8) is 0 Å². The molecule has 1 fully saturated rings. The van der Waals surface area contributed by atoms with Crippen molar-refractivity contribution in [2.45, 2.75) is 6.92 Å². The molecule has 1 aliphatic heterocycles. The Hall–Kier alpha value is -4.01. The van der Waals surface area contributed by atoms with Gasteiger partial charge in [-0.2, -0.15) is 0 Å². The third kappa shape index (κ3) is 5.44. The van der Waals surface area contributed by atoms with Crippen LogP contribution in [0.4, 0.5) is 5.13 Å². The first-order valence-electron chi connectivity index (χ1n) is 13.4. The number of thiazole rings is 1. The van der Waals surface area contributed by atoms with Crippen LogP contribution in [0.2, 0.25) is 0 Å². The zero-order valence-corrected chi connectivity index (χ0v) is 22.8. The van der Waals surface area contributed by atoms with Gasteiger partial charge in [0, 0.05) is 50.2 Å². The number of rotatable bonds is 8. The largest absolute Gasteiger partial charge is 0.492 e. The highest BCUT2D eigenvalue weighted by Gasteiger charge is 2.21. The second-order valence-electron chi connectivity index (χ2n) is 9.56. The summed E-state index contributed by atoms with van der Waals surface area (Å²) in [6.45, 7) is 7.71. The number of carbonyl (C=O) groups is 1. The van der Waals surface area contributed by atoms with Gasteiger partial charge in [0.05, 0.1) is 28.1 Å². The van der Waals surface area contributed by atoms with E-state index in [1.165, 1.54) is 0 Å². The minimum absolute atomic E-state index is 0.0657. The van der Waals surface area contributed by atoms with Crippen LogP contribution >= 0.6 is 11.3 Å². The molecular weight excluding hydrogens is 506 g/mol. The maximum Gasteiger partial charge on any atom is 0.252 e. The van der Waals surface area contributed by atoms with Crippen molar-refractivity contribution >= 4 is 43.5 Å². The number of amides is 1. The monoisotopic (exact) mass is 537 g/mol. The Kier molecular flexibility index (Phi) is 7.38. The van der Waals surface area contributed by atoms with E-state index in [4.69, 9.17) is 14.7 Å². The van der Waals surface area contributed by atoms with Gasteiger partial charge in [0.25, 0.3) is 5.91 Å². The fourth-order valence-corrected chi connectivity index (χ4v) is 6.06. The maximum absolute atomic E-state index is 13.3. The van der Waals surface area contributed by atoms with Crippen LogP contribution in [0.5, 0.6) is 5.75 Å². The predicted octanol–water partition coefficient (Wildman–Crippen LogP) is 5.46. The van der Waals surface area contributed by atoms with Crippen LogP contribution in [0, 0.1) is 0 Å². The van der Waals surface area contributed by atoms with E-state index in [2.05, 4.69) is 21.2 Å². The summed E-state index contributed by atoms with van der Waals surface area (Å²) in [5.41, 5.74) is 4.23. The summed E-state index contributed by atoms with van der Waals surface area (Å²) in [4.78, 5) is 27.7. The predicted molar refractivity (Wildman–Crippen MR) is 159 cm³/mol. The number of fused-ring (bicyclic) bond motifs is 2. The molecule has 1 N–H and O–H groups in total. The standard InChI is InChI=1S/C31H31N5O2S/c1-2-38-27-13-8-14-28-29(27)34-31(39-28)36-19-17-35(18-20-36)16-15-32-30(37)24-21-26(22-9-4-3-5-10-22)33-25-12-7-6-11-23(24)25/h3-14,21H,2,15-20H2,1H3,(H,32,37). The minimum Gasteiger partial charge on any atom is -0.492 e. The normalized spacial score (nSPS) is 14.1. The van der Waals surface area contributed by atoms with Crippen LogP contribution in [0.3, 0.4) is 0 Å². The van der Waals surface area contributed by atoms with Gasteiger partial charge in [-0.3, -0.25) is 9.69 Å². The lowest BCUT2D eigenvalue weighted by Gasteiger charge is -2.34. The Bertz CT molecular complexity index is 1600. The number of ether oxygens (including phenoxy) is 1. The zero-order valence-electron chi connectivity index (χ0n) is 22.0. The number of nitrogens with one attached hydrogen (secondary N) is 1. The Morgan fingerprint density at radius 3 is 2.56 bits per heavy atom. The first kappa shape index (κ1) is 25.3. The second kappa shape index (κ2) is 11.4. The van der Waals surface area contributed by atoms with Crippen LogP contribution in [0.25, 0.3) is 32.4 Å². The topological polar surface area (TPSA) is 70.6 Å². The van der Waals surface area contributed by atoms with E-state index >= 15 is 0 Å². The molecule has 1 amide bonds. The van der Waals surface area contributed by atoms with Crippen molar-refractivity contribution in [1.82, 2.24) is 20.2 Å². The fourth-order valence-electron chi connectivity index (χ4n) is 5.02. The van der Waals surface area contributed by atoms with Crippen molar-refractivity contribution in [2.75, 3.05) is 50.8 Å². The number of aromatic nitrogens is 2. The van der Waals surface area contributed by atoms with Crippen molar-refractivity contribution in [3.8, 4) is 17.0 Å². The van der Waals surface area contributed by atoms with Crippen molar-refractivity contribution < 1.29 is 9.53 Å². The van der Waals surface area contributed by atoms with Gasteiger partial charge in [0.1, 0.15) is 11.3 Å². The van der Waals surface area contributed by atoms with Gasteiger partial charge >= 0.3 is 0 Å². The molecule has 0 bridgehead atoms. The number of anilines is 1. The molecule has 5 aromatic rings. The molecule has 1 saturated heterocycles. The molecule has 0 spiro atoms. The summed E-state index contributed by atoms with van der Waals surface area (Å²) in [5.74, 6) is 0.786. The Morgan fingerprint density at radius 1 is 0.949 bits per heavy atom. The van der Waals surface area contributed by atoms with E-state index in [1.54, 1.807) is 11.3 Å². The molecule has 3 heterocycles. The van der Waals surface area contributed by atoms with Crippen LogP contribution in [0.1, 0.15) is 17.3 Å². The lowest BCUT2D eigenvalue weighted by Crippen LogP contribution is -2.48. The SMILES string of the molecule is CCOc1cccc2sc(N3CCN(CCNC(=O)c4cc(-c5ccccc5)nc5ccccc45)CC3)nc12. The summed E-state index contributed by atoms with van der Waals surface area (Å²) in [5, 5.41) is 5.06. The summed E-state index contributed by atoms with van der Waals surface area (Å²) < 4.78 is 6.92. The molecule has 2 aromatic heterocycles. The number of hydrogen-bond donors (Lipinski definition) is 1. The van der Waals surface area contributed by atoms with Crippen molar-refractivity contribution in [1.29, 1.82) is 0 Å². The first-order valence-corrected chi connectivity index (χ1v) is 14.2. The van der Waals surface area contributed by atoms with E-state index in [0.717, 1.165) is 76.0 Å². The third-order valence-electron chi connectivity index (χ3n) is 7.06. The average molecular weight is 538 g/mol. The summed E-state index contributed by atoms with van der Waals surface area (Å²) in [7, 11) is 0. The van der Waals surface area contributed by atoms with Gasteiger partial charge < -0.3 is 15.0 Å². The summed E-state index contributed by atoms with van der Waals surface area (Å²) in [6, 6.07) is 25.8. The van der Waals surface area contributed by atoms with Gasteiger partial charge in [-0.1, -0.05) is 65.9 Å². The highest BCUT2D eigenvalue weighted by Crippen LogP contribution is 2.34. The maximum atomic E-state index is 13.3. The number of pyridine rings is 1. The molecule has 0 saturated carbocycles. The van der Waals surface area contributed by atoms with E-state index in [-0.39, 0.29) is 5.91 Å². The number of hydrogen-bond acceptors (Lipinski definition) is 7. The van der Waals surface area contributed by atoms with E-state index in [1.807, 2.05) is 79.7 Å². The molecule has 39 heavy (non-hydrogen) atoms. The molecule has 0 aliphatic carbocycles. The van der Waals surface area contributed by atoms with E-state index in [9.17, 15) is 4.79 Å². The number of piperazine rings is 1. The van der Waals surface area contributed by atoms with Crippen LogP contribution in [0.15, 0.2) is 78.9 Å². The van der Waals surface area contributed by atoms with Gasteiger partial charge in [-0.15, -0.1) is 0 Å². The first-order chi connectivity index (χ1) is 19.2. The molecule has 0 unspecified atom stereocenters. The molecule has 0 radical (unpaired) electrons. The molecule has 7 nitrogen and oxygen atoms in total. The number of nitrogens with zero attached hydrogens (tertiary/aromatic N) is 4. The van der Waals surface area contributed by atoms with Gasteiger partial charge in [-0.25, -0.2) is 9.97 Å². The van der Waals surface area contributed by atoms with Gasteiger partial charge in [-0.05, 0) is 31.2 Å². The Balaban J connectivity index is 1.07. The molecule has 3 aromatic carbocycles. The van der Waals surface area contributed by atoms with Crippen LogP contribution in [-0.2, 0) is 0 Å². The summed E-state index contributed by atoms with van der Waals surface area (Å²) >= 11 is 1.72. The van der Waals surface area contributed by atoms with Gasteiger partial charge in [0.15, 0.2) is 5.13 Å². The number of carbonyl (C=O) groups excluding carboxylic acids is 1. The van der Waals surface area contributed by atoms with Crippen molar-refractivity contribution in [3.05, 3.63) is 84.4 Å². The quantitative estimate of drug-likeness (QED) is 0.283.